The third-order valence-corrected chi connectivity index (χ3v) is 28.8. The Balaban J connectivity index is 0.000000280. The molecule has 0 bridgehead atoms. The molecule has 0 spiro atoms. The van der Waals surface area contributed by atoms with Crippen LogP contribution in [0.15, 0.2) is 233 Å². The maximum Gasteiger partial charge on any atom is 0.193 e. The largest absolute Gasteiger partial charge is 0.287 e. The van der Waals surface area contributed by atoms with E-state index in [4.69, 9.17) is 0 Å². The Kier molecular flexibility index (Phi) is 61.2. The Labute approximate surface area is 753 Å². The standard InChI is InChI=1S/C28H40OS2.C27H38OS2.C26H36OS2.C25H34OS2/c1-3-5-7-9-11-13-23-30-26-19-15-24(16-20-26)25-17-21-27(22-18-25)31-28(29)14-12-10-8-6-4-2;1-3-5-7-9-11-13-27(28)30-26-20-16-24(17-21-26)23-14-18-25(19-15-23)29-22-12-10-8-6-4-2;1-3-5-7-9-10-12-26(27)29-25-19-15-23(16-20-25)22-13-17-24(18-14-22)28-21-11-8-6-4-2;1-3-5-7-8-9-11-25(26)28-24-18-14-22(15-19-24)21-12-16-23(17-13-21)27-20-10-6-4-2/h15-22H,3-14,23H2,1-2H3;14-21H,3-13,22H2,1-2H3;13-20H,3-12,21H2,1-2H3;12-19H,3-11,20H2,1-2H3. The first kappa shape index (κ1) is 104. The summed E-state index contributed by atoms with van der Waals surface area (Å²) in [5.41, 5.74) is 9.78. The molecule has 8 rings (SSSR count). The van der Waals surface area contributed by atoms with Gasteiger partial charge in [-0.15, -0.1) is 47.0 Å². The Hall–Kier alpha value is -4.76. The van der Waals surface area contributed by atoms with Gasteiger partial charge in [-0.2, -0.15) is 0 Å². The van der Waals surface area contributed by atoms with Crippen LogP contribution in [0.1, 0.15) is 325 Å². The second-order valence-electron chi connectivity index (χ2n) is 31.1. The normalized spacial score (nSPS) is 11.0. The third-order valence-electron chi connectivity index (χ3n) is 20.6. The summed E-state index contributed by atoms with van der Waals surface area (Å²) in [5, 5.41) is 1.15. The van der Waals surface area contributed by atoms with Crippen LogP contribution in [-0.4, -0.2) is 43.5 Å². The molecule has 4 nitrogen and oxygen atoms in total. The monoisotopic (exact) mass is 1740 g/mol. The molecule has 0 amide bonds. The Bertz CT molecular complexity index is 3800. The van der Waals surface area contributed by atoms with E-state index in [9.17, 15) is 19.2 Å². The number of hydrogen-bond donors (Lipinski definition) is 0. The quantitative estimate of drug-likeness (QED) is 0.0269. The van der Waals surface area contributed by atoms with E-state index in [-0.39, 0.29) is 20.5 Å². The van der Waals surface area contributed by atoms with Gasteiger partial charge in [-0.1, -0.05) is 392 Å². The van der Waals surface area contributed by atoms with Gasteiger partial charge in [0.2, 0.25) is 0 Å². The SMILES string of the molecule is CCCCCCCC(=O)Sc1ccc(-c2ccc(SCCCCC)cc2)cc1.CCCCCCCC(=O)Sc1ccc(-c2ccc(SCCCCCC)cc2)cc1.CCCCCCCCSc1ccc(-c2ccc(SC(=O)CCCCCCC)cc2)cc1.CCCCCCCSc1ccc(-c2ccc(SC(=O)CCCCCCC)cc2)cc1. The summed E-state index contributed by atoms with van der Waals surface area (Å²) < 4.78 is 0. The predicted octanol–water partition coefficient (Wildman–Crippen LogP) is 36.8. The van der Waals surface area contributed by atoms with Gasteiger partial charge in [0.25, 0.3) is 0 Å². The van der Waals surface area contributed by atoms with Crippen molar-refractivity contribution in [3.8, 4) is 44.5 Å². The fourth-order valence-electron chi connectivity index (χ4n) is 13.3. The lowest BCUT2D eigenvalue weighted by Gasteiger charge is -2.06. The van der Waals surface area contributed by atoms with Crippen molar-refractivity contribution >= 4 is 115 Å². The zero-order valence-corrected chi connectivity index (χ0v) is 80.4. The van der Waals surface area contributed by atoms with Crippen LogP contribution in [0, 0.1) is 0 Å². The van der Waals surface area contributed by atoms with Crippen molar-refractivity contribution in [3.63, 3.8) is 0 Å². The summed E-state index contributed by atoms with van der Waals surface area (Å²) in [6.45, 7) is 17.9. The molecule has 0 heterocycles. The molecule has 0 saturated heterocycles. The minimum absolute atomic E-state index is 0.286. The molecule has 118 heavy (non-hydrogen) atoms. The van der Waals surface area contributed by atoms with Gasteiger partial charge in [-0.3, -0.25) is 19.2 Å². The van der Waals surface area contributed by atoms with Gasteiger partial charge < -0.3 is 0 Å². The van der Waals surface area contributed by atoms with E-state index >= 15 is 0 Å². The highest BCUT2D eigenvalue weighted by atomic mass is 32.2. The first-order valence-electron chi connectivity index (χ1n) is 46.1. The van der Waals surface area contributed by atoms with E-state index in [0.29, 0.717) is 25.7 Å². The molecule has 0 fully saturated rings. The molecule has 0 aliphatic heterocycles. The van der Waals surface area contributed by atoms with Gasteiger partial charge in [0, 0.05) is 64.8 Å². The highest BCUT2D eigenvalue weighted by Gasteiger charge is 2.12. The molecule has 0 aliphatic rings. The maximum absolute atomic E-state index is 12.2. The molecule has 0 saturated carbocycles. The fourth-order valence-corrected chi connectivity index (χ4v) is 20.1. The van der Waals surface area contributed by atoms with Gasteiger partial charge in [0.05, 0.1) is 0 Å². The van der Waals surface area contributed by atoms with Crippen LogP contribution in [0.4, 0.5) is 0 Å². The van der Waals surface area contributed by atoms with Crippen LogP contribution in [-0.2, 0) is 19.2 Å². The van der Waals surface area contributed by atoms with Gasteiger partial charge >= 0.3 is 0 Å². The van der Waals surface area contributed by atoms with Crippen molar-refractivity contribution < 1.29 is 19.2 Å². The number of rotatable bonds is 58. The first-order valence-corrected chi connectivity index (χ1v) is 53.3. The van der Waals surface area contributed by atoms with E-state index < -0.39 is 0 Å². The molecule has 12 heteroatoms. The molecule has 0 radical (unpaired) electrons. The number of benzene rings is 8. The predicted molar refractivity (Wildman–Crippen MR) is 533 cm³/mol. The van der Waals surface area contributed by atoms with E-state index in [1.54, 1.807) is 0 Å². The summed E-state index contributed by atoms with van der Waals surface area (Å²) in [7, 11) is 0. The van der Waals surface area contributed by atoms with Crippen molar-refractivity contribution in [1.29, 1.82) is 0 Å². The Morgan fingerprint density at radius 1 is 0.161 bits per heavy atom. The maximum atomic E-state index is 12.2. The summed E-state index contributed by atoms with van der Waals surface area (Å²) in [5.74, 6) is 4.83. The topological polar surface area (TPSA) is 68.3 Å². The molecule has 0 N–H and O–H groups in total. The molecule has 0 aromatic heterocycles. The number of unbranched alkanes of at least 4 members (excludes halogenated alkanes) is 30. The van der Waals surface area contributed by atoms with E-state index in [1.165, 1.54) is 352 Å². The summed E-state index contributed by atoms with van der Waals surface area (Å²) in [6, 6.07) is 69.1. The molecule has 8 aromatic rings. The third kappa shape index (κ3) is 49.5. The van der Waals surface area contributed by atoms with Crippen LogP contribution < -0.4 is 0 Å². The van der Waals surface area contributed by atoms with E-state index in [2.05, 4.69) is 250 Å². The smallest absolute Gasteiger partial charge is 0.193 e. The van der Waals surface area contributed by atoms with Gasteiger partial charge in [0.15, 0.2) is 20.5 Å². The average molecular weight is 1740 g/mol. The lowest BCUT2D eigenvalue weighted by Crippen LogP contribution is -1.91. The van der Waals surface area contributed by atoms with E-state index in [1.807, 2.05) is 47.0 Å². The minimum Gasteiger partial charge on any atom is -0.287 e. The van der Waals surface area contributed by atoms with Crippen molar-refractivity contribution in [1.82, 2.24) is 0 Å². The van der Waals surface area contributed by atoms with Gasteiger partial charge in [0.1, 0.15) is 0 Å². The second-order valence-corrected chi connectivity index (χ2v) is 40.3. The van der Waals surface area contributed by atoms with Crippen LogP contribution in [0.25, 0.3) is 44.5 Å². The Morgan fingerprint density at radius 2 is 0.288 bits per heavy atom. The van der Waals surface area contributed by atoms with Gasteiger partial charge in [-0.05, 0) is 216 Å². The fraction of sp³-hybridized carbons (Fsp3) is 0.509. The van der Waals surface area contributed by atoms with Crippen molar-refractivity contribution in [3.05, 3.63) is 194 Å². The molecule has 0 aliphatic carbocycles. The van der Waals surface area contributed by atoms with Crippen molar-refractivity contribution in [2.45, 2.75) is 364 Å². The first-order chi connectivity index (χ1) is 57.9. The molecular weight excluding hydrogens is 1590 g/mol. The molecule has 0 atom stereocenters. The zero-order valence-electron chi connectivity index (χ0n) is 73.9. The van der Waals surface area contributed by atoms with Crippen LogP contribution in [0.3, 0.4) is 0 Å². The summed E-state index contributed by atoms with van der Waals surface area (Å²) in [6.07, 6.45) is 50.6. The minimum atomic E-state index is 0.286. The Morgan fingerprint density at radius 3 is 0.466 bits per heavy atom. The number of hydrogen-bond acceptors (Lipinski definition) is 12. The van der Waals surface area contributed by atoms with Crippen molar-refractivity contribution in [2.75, 3.05) is 23.0 Å². The van der Waals surface area contributed by atoms with Crippen LogP contribution in [0.2, 0.25) is 0 Å². The lowest BCUT2D eigenvalue weighted by molar-refractivity contribution is -0.111. The molecule has 644 valence electrons. The molecule has 8 aromatic carbocycles. The highest BCUT2D eigenvalue weighted by molar-refractivity contribution is 8.14. The van der Waals surface area contributed by atoms with Crippen molar-refractivity contribution in [2.24, 2.45) is 0 Å². The summed E-state index contributed by atoms with van der Waals surface area (Å²) in [4.78, 5) is 58.2. The molecule has 0 unspecified atom stereocenters. The zero-order chi connectivity index (χ0) is 84.4. The van der Waals surface area contributed by atoms with E-state index in [0.717, 1.165) is 45.3 Å². The number of carbonyl (C=O) groups excluding carboxylic acids is 4. The lowest BCUT2D eigenvalue weighted by atomic mass is 10.1. The second kappa shape index (κ2) is 69.6. The van der Waals surface area contributed by atoms with Crippen LogP contribution in [0.5, 0.6) is 0 Å². The highest BCUT2D eigenvalue weighted by Crippen LogP contribution is 2.35. The van der Waals surface area contributed by atoms with Crippen LogP contribution >= 0.6 is 94.1 Å². The van der Waals surface area contributed by atoms with Gasteiger partial charge in [-0.25, -0.2) is 0 Å². The number of carbonyl (C=O) groups is 4. The average Bonchev–Trinajstić information content (AvgIpc) is 0.868. The molecular formula is C106H148O4S8. The number of thioether (sulfide) groups is 8. The summed E-state index contributed by atoms with van der Waals surface area (Å²) >= 11 is 13.4.